The van der Waals surface area contributed by atoms with Gasteiger partial charge in [0.15, 0.2) is 11.5 Å². The Morgan fingerprint density at radius 3 is 2.18 bits per heavy atom. The molecule has 238 valence electrons. The van der Waals surface area contributed by atoms with Gasteiger partial charge in [-0.2, -0.15) is 0 Å². The zero-order chi connectivity index (χ0) is 32.3. The van der Waals surface area contributed by atoms with Crippen LogP contribution in [-0.4, -0.2) is 65.1 Å². The summed E-state index contributed by atoms with van der Waals surface area (Å²) in [7, 11) is -1.52. The Balaban J connectivity index is 2.05. The minimum Gasteiger partial charge on any atom is -0.494 e. The predicted octanol–water partition coefficient (Wildman–Crippen LogP) is 4.77. The van der Waals surface area contributed by atoms with E-state index < -0.39 is 34.3 Å². The number of carbonyl (C=O) groups is 2. The van der Waals surface area contributed by atoms with Crippen LogP contribution >= 0.6 is 0 Å². The molecule has 0 fully saturated rings. The fraction of sp³-hybridized carbons (Fsp3) is 0.375. The summed E-state index contributed by atoms with van der Waals surface area (Å²) < 4.78 is 59.0. The van der Waals surface area contributed by atoms with E-state index >= 15 is 0 Å². The number of amides is 2. The summed E-state index contributed by atoms with van der Waals surface area (Å²) in [5, 5.41) is 2.83. The number of carbonyl (C=O) groups excluding carboxylic acids is 2. The van der Waals surface area contributed by atoms with Gasteiger partial charge >= 0.3 is 0 Å². The number of nitrogens with zero attached hydrogens (tertiary/aromatic N) is 2. The second kappa shape index (κ2) is 15.9. The summed E-state index contributed by atoms with van der Waals surface area (Å²) in [5.41, 5.74) is 0.779. The monoisotopic (exact) mass is 629 g/mol. The summed E-state index contributed by atoms with van der Waals surface area (Å²) in [6.07, 6.45) is 1.64. The van der Waals surface area contributed by atoms with Crippen LogP contribution in [0.25, 0.3) is 0 Å². The number of hydrogen-bond donors (Lipinski definition) is 1. The molecule has 0 aliphatic carbocycles. The fourth-order valence-corrected chi connectivity index (χ4v) is 5.84. The number of halogens is 1. The Hall–Kier alpha value is -4.32. The summed E-state index contributed by atoms with van der Waals surface area (Å²) >= 11 is 0. The lowest BCUT2D eigenvalue weighted by Gasteiger charge is -2.32. The molecular weight excluding hydrogens is 589 g/mol. The van der Waals surface area contributed by atoms with E-state index in [2.05, 4.69) is 5.32 Å². The molecule has 0 saturated carbocycles. The maximum Gasteiger partial charge on any atom is 0.264 e. The van der Waals surface area contributed by atoms with Crippen LogP contribution in [0.1, 0.15) is 39.2 Å². The Kier molecular flexibility index (Phi) is 12.4. The highest BCUT2D eigenvalue weighted by atomic mass is 32.2. The van der Waals surface area contributed by atoms with Crippen molar-refractivity contribution in [2.75, 3.05) is 38.2 Å². The zero-order valence-electron chi connectivity index (χ0n) is 25.7. The van der Waals surface area contributed by atoms with Gasteiger partial charge in [0.05, 0.1) is 31.4 Å². The van der Waals surface area contributed by atoms with E-state index in [0.29, 0.717) is 30.2 Å². The molecule has 0 heterocycles. The molecule has 0 bridgehead atoms. The first-order valence-electron chi connectivity index (χ1n) is 14.3. The van der Waals surface area contributed by atoms with Crippen molar-refractivity contribution in [1.82, 2.24) is 10.2 Å². The molecule has 0 saturated heterocycles. The van der Waals surface area contributed by atoms with Gasteiger partial charge < -0.3 is 24.4 Å². The molecule has 12 heteroatoms. The Bertz CT molecular complexity index is 1500. The summed E-state index contributed by atoms with van der Waals surface area (Å²) in [6, 6.07) is 15.1. The van der Waals surface area contributed by atoms with Crippen LogP contribution < -0.4 is 23.8 Å². The molecule has 0 unspecified atom stereocenters. The van der Waals surface area contributed by atoms with E-state index in [1.165, 1.54) is 61.6 Å². The van der Waals surface area contributed by atoms with E-state index in [1.807, 2.05) is 13.8 Å². The second-order valence-electron chi connectivity index (χ2n) is 9.92. The summed E-state index contributed by atoms with van der Waals surface area (Å²) in [4.78, 5) is 28.3. The van der Waals surface area contributed by atoms with Crippen LogP contribution in [0.2, 0.25) is 0 Å². The van der Waals surface area contributed by atoms with E-state index in [4.69, 9.17) is 14.2 Å². The molecule has 1 N–H and O–H groups in total. The van der Waals surface area contributed by atoms with Gasteiger partial charge in [-0.3, -0.25) is 13.9 Å². The van der Waals surface area contributed by atoms with Crippen molar-refractivity contribution in [3.63, 3.8) is 0 Å². The van der Waals surface area contributed by atoms with Gasteiger partial charge in [-0.1, -0.05) is 25.5 Å². The third-order valence-electron chi connectivity index (χ3n) is 6.92. The fourth-order valence-electron chi connectivity index (χ4n) is 4.41. The van der Waals surface area contributed by atoms with Crippen molar-refractivity contribution >= 4 is 27.5 Å². The molecule has 44 heavy (non-hydrogen) atoms. The molecule has 1 atom stereocenters. The lowest BCUT2D eigenvalue weighted by atomic mass is 10.1. The number of anilines is 1. The molecule has 2 amide bonds. The first kappa shape index (κ1) is 34.2. The summed E-state index contributed by atoms with van der Waals surface area (Å²) in [6.45, 7) is 5.58. The second-order valence-corrected chi connectivity index (χ2v) is 11.8. The van der Waals surface area contributed by atoms with Gasteiger partial charge in [-0.05, 0) is 74.4 Å². The van der Waals surface area contributed by atoms with Gasteiger partial charge in [0, 0.05) is 19.2 Å². The number of sulfonamides is 1. The van der Waals surface area contributed by atoms with Crippen LogP contribution in [0.15, 0.2) is 71.6 Å². The molecule has 0 radical (unpaired) electrons. The average molecular weight is 630 g/mol. The normalized spacial score (nSPS) is 11.8. The van der Waals surface area contributed by atoms with Crippen LogP contribution in [0.4, 0.5) is 10.1 Å². The number of unbranched alkanes of at least 4 members (excludes halogenated alkanes) is 1. The van der Waals surface area contributed by atoms with Crippen molar-refractivity contribution in [2.45, 2.75) is 51.1 Å². The topological polar surface area (TPSA) is 114 Å². The molecule has 0 spiro atoms. The van der Waals surface area contributed by atoms with Gasteiger partial charge in [0.1, 0.15) is 24.2 Å². The number of methoxy groups -OCH3 is 2. The highest BCUT2D eigenvalue weighted by Gasteiger charge is 2.33. The first-order valence-corrected chi connectivity index (χ1v) is 15.8. The van der Waals surface area contributed by atoms with E-state index in [1.54, 1.807) is 31.2 Å². The van der Waals surface area contributed by atoms with Crippen molar-refractivity contribution < 1.29 is 36.6 Å². The van der Waals surface area contributed by atoms with E-state index in [0.717, 1.165) is 17.1 Å². The van der Waals surface area contributed by atoms with Crippen molar-refractivity contribution in [3.05, 3.63) is 78.1 Å². The number of ether oxygens (including phenoxy) is 3. The molecule has 3 aromatic carbocycles. The third kappa shape index (κ3) is 8.62. The maximum absolute atomic E-state index is 14.1. The molecule has 0 aromatic heterocycles. The molecule has 10 nitrogen and oxygen atoms in total. The van der Waals surface area contributed by atoms with Gasteiger partial charge in [0.25, 0.3) is 10.0 Å². The average Bonchev–Trinajstić information content (AvgIpc) is 3.03. The van der Waals surface area contributed by atoms with Gasteiger partial charge in [-0.15, -0.1) is 0 Å². The van der Waals surface area contributed by atoms with Crippen LogP contribution in [0.3, 0.4) is 0 Å². The van der Waals surface area contributed by atoms with E-state index in [9.17, 15) is 22.4 Å². The number of nitrogens with one attached hydrogen (secondary N) is 1. The third-order valence-corrected chi connectivity index (χ3v) is 8.69. The van der Waals surface area contributed by atoms with Crippen LogP contribution in [-0.2, 0) is 26.2 Å². The lowest BCUT2D eigenvalue weighted by Crippen LogP contribution is -2.51. The van der Waals surface area contributed by atoms with Crippen molar-refractivity contribution in [3.8, 4) is 17.2 Å². The highest BCUT2D eigenvalue weighted by Crippen LogP contribution is 2.33. The number of rotatable bonds is 16. The Morgan fingerprint density at radius 1 is 0.932 bits per heavy atom. The quantitative estimate of drug-likeness (QED) is 0.227. The Morgan fingerprint density at radius 2 is 1.59 bits per heavy atom. The van der Waals surface area contributed by atoms with Crippen molar-refractivity contribution in [2.24, 2.45) is 0 Å². The first-order chi connectivity index (χ1) is 21.0. The predicted molar refractivity (Wildman–Crippen MR) is 166 cm³/mol. The van der Waals surface area contributed by atoms with Gasteiger partial charge in [-0.25, -0.2) is 12.8 Å². The van der Waals surface area contributed by atoms with Crippen LogP contribution in [0.5, 0.6) is 17.2 Å². The lowest BCUT2D eigenvalue weighted by molar-refractivity contribution is -0.139. The molecule has 0 aliphatic heterocycles. The smallest absolute Gasteiger partial charge is 0.264 e. The van der Waals surface area contributed by atoms with Crippen LogP contribution in [0, 0.1) is 5.82 Å². The van der Waals surface area contributed by atoms with E-state index in [-0.39, 0.29) is 28.8 Å². The largest absolute Gasteiger partial charge is 0.494 e. The minimum absolute atomic E-state index is 0.0466. The summed E-state index contributed by atoms with van der Waals surface area (Å²) in [5.74, 6) is -0.402. The number of hydrogen-bond acceptors (Lipinski definition) is 7. The standard InChI is InChI=1S/C32H40FN3O7S/c1-6-8-19-34-32(38)23(3)35(21-24-9-11-25(33)12-10-24)31(37)22-36(26-13-15-27(16-14-26)43-7-2)44(39,40)28-17-18-29(41-4)30(20-28)42-5/h9-18,20,23H,6-8,19,21-22H2,1-5H3,(H,34,38)/t23-/m0/s1. The zero-order valence-corrected chi connectivity index (χ0v) is 26.5. The van der Waals surface area contributed by atoms with Gasteiger partial charge in [0.2, 0.25) is 11.8 Å². The SMILES string of the molecule is CCCCNC(=O)[C@H](C)N(Cc1ccc(F)cc1)C(=O)CN(c1ccc(OCC)cc1)S(=O)(=O)c1ccc(OC)c(OC)c1. The van der Waals surface area contributed by atoms with Crippen molar-refractivity contribution in [1.29, 1.82) is 0 Å². The molecule has 0 aliphatic rings. The molecule has 3 rings (SSSR count). The molecule has 3 aromatic rings. The molecular formula is C32H40FN3O7S. The number of benzene rings is 3. The maximum atomic E-state index is 14.1. The highest BCUT2D eigenvalue weighted by molar-refractivity contribution is 7.92. The Labute approximate surface area is 258 Å². The minimum atomic E-state index is -4.35.